The van der Waals surface area contributed by atoms with E-state index in [2.05, 4.69) is 43.8 Å². The first-order valence-electron chi connectivity index (χ1n) is 11.5. The Bertz CT molecular complexity index is 717. The molecule has 2 heteroatoms. The summed E-state index contributed by atoms with van der Waals surface area (Å²) in [5, 5.41) is 9.46. The van der Waals surface area contributed by atoms with Crippen molar-refractivity contribution in [2.75, 3.05) is 13.7 Å². The van der Waals surface area contributed by atoms with E-state index < -0.39 is 0 Å². The highest BCUT2D eigenvalue weighted by Gasteiger charge is 2.23. The zero-order valence-corrected chi connectivity index (χ0v) is 18.3. The van der Waals surface area contributed by atoms with Crippen molar-refractivity contribution in [3.63, 3.8) is 0 Å². The summed E-state index contributed by atoms with van der Waals surface area (Å²) < 4.78 is 5.49. The van der Waals surface area contributed by atoms with Crippen LogP contribution in [0.3, 0.4) is 0 Å². The van der Waals surface area contributed by atoms with E-state index in [9.17, 15) is 5.11 Å². The van der Waals surface area contributed by atoms with Crippen molar-refractivity contribution in [2.24, 2.45) is 5.92 Å². The highest BCUT2D eigenvalue weighted by atomic mass is 16.5. The Kier molecular flexibility index (Phi) is 8.18. The highest BCUT2D eigenvalue weighted by Crippen LogP contribution is 2.39. The number of unbranched alkanes of at least 4 members (excludes halogenated alkanes) is 2. The van der Waals surface area contributed by atoms with Crippen LogP contribution in [-0.4, -0.2) is 18.8 Å². The number of allylic oxidation sites excluding steroid dienone is 2. The lowest BCUT2D eigenvalue weighted by Gasteiger charge is -2.29. The van der Waals surface area contributed by atoms with E-state index in [1.807, 2.05) is 6.08 Å². The first-order valence-corrected chi connectivity index (χ1v) is 11.5. The molecule has 1 aromatic carbocycles. The van der Waals surface area contributed by atoms with Gasteiger partial charge in [-0.3, -0.25) is 0 Å². The third-order valence-corrected chi connectivity index (χ3v) is 6.90. The molecule has 0 aromatic heterocycles. The molecule has 0 saturated heterocycles. The van der Waals surface area contributed by atoms with Gasteiger partial charge < -0.3 is 9.84 Å². The first-order chi connectivity index (χ1) is 14.1. The molecule has 1 atom stereocenters. The fraction of sp³-hybridized carbons (Fsp3) is 0.556. The number of hydrogen-bond acceptors (Lipinski definition) is 2. The van der Waals surface area contributed by atoms with Crippen LogP contribution < -0.4 is 0 Å². The smallest absolute Gasteiger partial charge is 0.115 e. The molecule has 2 aliphatic rings. The predicted octanol–water partition coefficient (Wildman–Crippen LogP) is 7.03. The monoisotopic (exact) mass is 394 g/mol. The molecule has 1 N–H and O–H groups in total. The summed E-state index contributed by atoms with van der Waals surface area (Å²) in [4.78, 5) is 0. The number of hydrogen-bond donors (Lipinski definition) is 1. The van der Waals surface area contributed by atoms with Gasteiger partial charge >= 0.3 is 0 Å². The van der Waals surface area contributed by atoms with Gasteiger partial charge in [0, 0.05) is 5.92 Å². The van der Waals surface area contributed by atoms with Crippen molar-refractivity contribution in [1.82, 2.24) is 0 Å². The Morgan fingerprint density at radius 1 is 1.07 bits per heavy atom. The Balaban J connectivity index is 1.60. The Morgan fingerprint density at radius 2 is 1.76 bits per heavy atom. The highest BCUT2D eigenvalue weighted by molar-refractivity contribution is 5.43. The van der Waals surface area contributed by atoms with Crippen molar-refractivity contribution in [3.05, 3.63) is 71.0 Å². The van der Waals surface area contributed by atoms with E-state index in [4.69, 9.17) is 4.74 Å². The maximum Gasteiger partial charge on any atom is 0.115 e. The van der Waals surface area contributed by atoms with Gasteiger partial charge in [-0.25, -0.2) is 0 Å². The number of methoxy groups -OCH3 is 1. The topological polar surface area (TPSA) is 29.5 Å². The van der Waals surface area contributed by atoms with Gasteiger partial charge in [-0.1, -0.05) is 63.5 Å². The van der Waals surface area contributed by atoms with Crippen LogP contribution in [0.15, 0.2) is 59.9 Å². The second-order valence-corrected chi connectivity index (χ2v) is 8.90. The molecule has 0 radical (unpaired) electrons. The molecule has 0 spiro atoms. The van der Waals surface area contributed by atoms with Gasteiger partial charge in [0.15, 0.2) is 0 Å². The van der Waals surface area contributed by atoms with E-state index in [1.165, 1.54) is 62.5 Å². The van der Waals surface area contributed by atoms with Crippen LogP contribution in [0.25, 0.3) is 0 Å². The van der Waals surface area contributed by atoms with E-state index >= 15 is 0 Å². The lowest BCUT2D eigenvalue weighted by molar-refractivity contribution is 0.300. The summed E-state index contributed by atoms with van der Waals surface area (Å²) in [6.45, 7) is 6.28. The third kappa shape index (κ3) is 5.85. The Labute approximate surface area is 177 Å². The molecular weight excluding hydrogens is 356 g/mol. The molecule has 0 amide bonds. The minimum atomic E-state index is -0.00436. The number of aliphatic hydroxyl groups is 1. The molecular formula is C27H38O2. The SMILES string of the molecule is C=C(CO)C1=CC(OC)=CC(c2ccc(C3CCC(CCCCC)CC3)cc2)C1. The second-order valence-electron chi connectivity index (χ2n) is 8.90. The molecule has 0 aliphatic heterocycles. The molecule has 3 rings (SSSR count). The van der Waals surface area contributed by atoms with Gasteiger partial charge in [-0.2, -0.15) is 0 Å². The van der Waals surface area contributed by atoms with Crippen LogP contribution in [0.2, 0.25) is 0 Å². The first kappa shape index (κ1) is 21.9. The lowest BCUT2D eigenvalue weighted by atomic mass is 9.76. The second kappa shape index (κ2) is 10.8. The van der Waals surface area contributed by atoms with Crippen molar-refractivity contribution in [1.29, 1.82) is 0 Å². The molecule has 2 aliphatic carbocycles. The number of rotatable bonds is 9. The molecule has 0 bridgehead atoms. The largest absolute Gasteiger partial charge is 0.497 e. The summed E-state index contributed by atoms with van der Waals surface area (Å²) in [6, 6.07) is 9.27. The standard InChI is InChI=1S/C27H38O2/c1-4-5-6-7-21-8-10-22(11-9-21)23-12-14-24(15-13-23)26-16-25(20(2)19-28)17-27(18-26)29-3/h12-15,17-18,21-22,26,28H,2,4-11,16,19H2,1,3H3. The molecule has 2 nitrogen and oxygen atoms in total. The van der Waals surface area contributed by atoms with Crippen LogP contribution in [0.5, 0.6) is 0 Å². The van der Waals surface area contributed by atoms with Crippen LogP contribution in [0.1, 0.15) is 87.7 Å². The van der Waals surface area contributed by atoms with Crippen molar-refractivity contribution in [3.8, 4) is 0 Å². The molecule has 1 aromatic rings. The van der Waals surface area contributed by atoms with Gasteiger partial charge in [0.05, 0.1) is 13.7 Å². The molecule has 1 fully saturated rings. The van der Waals surface area contributed by atoms with Crippen LogP contribution in [0.4, 0.5) is 0 Å². The van der Waals surface area contributed by atoms with Gasteiger partial charge in [-0.15, -0.1) is 0 Å². The molecule has 158 valence electrons. The number of benzene rings is 1. The average Bonchev–Trinajstić information content (AvgIpc) is 2.79. The minimum Gasteiger partial charge on any atom is -0.497 e. The van der Waals surface area contributed by atoms with Crippen molar-refractivity contribution < 1.29 is 9.84 Å². The Morgan fingerprint density at radius 3 is 2.38 bits per heavy atom. The summed E-state index contributed by atoms with van der Waals surface area (Å²) in [6.07, 6.45) is 16.1. The number of ether oxygens (including phenoxy) is 1. The normalized spacial score (nSPS) is 24.6. The predicted molar refractivity (Wildman–Crippen MR) is 122 cm³/mol. The van der Waals surface area contributed by atoms with Crippen molar-refractivity contribution in [2.45, 2.75) is 76.5 Å². The minimum absolute atomic E-state index is 0.00436. The van der Waals surface area contributed by atoms with Crippen molar-refractivity contribution >= 4 is 0 Å². The van der Waals surface area contributed by atoms with Gasteiger partial charge in [0.2, 0.25) is 0 Å². The fourth-order valence-electron chi connectivity index (χ4n) is 4.94. The zero-order valence-electron chi connectivity index (χ0n) is 18.3. The summed E-state index contributed by atoms with van der Waals surface area (Å²) in [5.41, 5.74) is 4.68. The Hall–Kier alpha value is -1.80. The fourth-order valence-corrected chi connectivity index (χ4v) is 4.94. The zero-order chi connectivity index (χ0) is 20.6. The molecule has 1 unspecified atom stereocenters. The summed E-state index contributed by atoms with van der Waals surface area (Å²) in [5.74, 6) is 2.82. The lowest BCUT2D eigenvalue weighted by Crippen LogP contribution is -2.13. The third-order valence-electron chi connectivity index (χ3n) is 6.90. The average molecular weight is 395 g/mol. The quantitative estimate of drug-likeness (QED) is 0.455. The van der Waals surface area contributed by atoms with Gasteiger partial charge in [-0.05, 0) is 78.4 Å². The van der Waals surface area contributed by atoms with Crippen LogP contribution >= 0.6 is 0 Å². The van der Waals surface area contributed by atoms with E-state index in [1.54, 1.807) is 7.11 Å². The van der Waals surface area contributed by atoms with E-state index in [0.717, 1.165) is 35.2 Å². The molecule has 0 heterocycles. The molecule has 1 saturated carbocycles. The van der Waals surface area contributed by atoms with Crippen LogP contribution in [-0.2, 0) is 4.74 Å². The maximum absolute atomic E-state index is 9.46. The maximum atomic E-state index is 9.46. The van der Waals surface area contributed by atoms with E-state index in [-0.39, 0.29) is 12.5 Å². The summed E-state index contributed by atoms with van der Waals surface area (Å²) >= 11 is 0. The van der Waals surface area contributed by atoms with E-state index in [0.29, 0.717) is 0 Å². The van der Waals surface area contributed by atoms with Gasteiger partial charge in [0.25, 0.3) is 0 Å². The molecule has 29 heavy (non-hydrogen) atoms. The van der Waals surface area contributed by atoms with Crippen LogP contribution in [0, 0.1) is 5.92 Å². The number of aliphatic hydroxyl groups excluding tert-OH is 1. The van der Waals surface area contributed by atoms with Gasteiger partial charge in [0.1, 0.15) is 5.76 Å². The summed E-state index contributed by atoms with van der Waals surface area (Å²) in [7, 11) is 1.70.